The molecule has 4 fully saturated rings. The van der Waals surface area contributed by atoms with Crippen molar-refractivity contribution in [1.29, 1.82) is 0 Å². The Bertz CT molecular complexity index is 1380. The third kappa shape index (κ3) is 4.58. The number of nitrogens with zero attached hydrogens (tertiary/aromatic N) is 5. The molecule has 3 aliphatic carbocycles. The molecule has 1 aliphatic heterocycles. The van der Waals surface area contributed by atoms with Crippen molar-refractivity contribution >= 4 is 11.9 Å². The van der Waals surface area contributed by atoms with Crippen molar-refractivity contribution in [2.45, 2.75) is 43.9 Å². The first-order chi connectivity index (χ1) is 18.8. The van der Waals surface area contributed by atoms with Crippen LogP contribution in [-0.4, -0.2) is 63.8 Å². The lowest BCUT2D eigenvalue weighted by Gasteiger charge is -2.52. The van der Waals surface area contributed by atoms with Crippen molar-refractivity contribution in [3.8, 4) is 17.3 Å². The summed E-state index contributed by atoms with van der Waals surface area (Å²) in [5.74, 6) is -5.48. The van der Waals surface area contributed by atoms with Gasteiger partial charge in [0.1, 0.15) is 5.69 Å². The molecule has 0 atom stereocenters. The molecule has 3 aromatic rings. The molecule has 2 bridgehead atoms. The standard InChI is InChI=1S/C26H28F3N7O3/c27-16-13-15(18(28)19(29)20(16)37)21(38)32-14-25-2-5-26(6-3-25,7-4-25)23-34-22(39-35-23)17-1-8-31-24(33-17)36-11-9-30-10-12-36/h1,8,13,30,37H,2-7,9-12,14H2,(H,32,38)/t25-,26+. The van der Waals surface area contributed by atoms with Gasteiger partial charge in [-0.05, 0) is 56.1 Å². The predicted molar refractivity (Wildman–Crippen MR) is 133 cm³/mol. The van der Waals surface area contributed by atoms with Gasteiger partial charge in [-0.15, -0.1) is 0 Å². The Morgan fingerprint density at radius 2 is 1.79 bits per heavy atom. The molecule has 1 aromatic carbocycles. The molecule has 3 N–H and O–H groups in total. The molecule has 0 unspecified atom stereocenters. The molecule has 1 saturated heterocycles. The minimum Gasteiger partial charge on any atom is -0.503 e. The second kappa shape index (κ2) is 9.78. The highest BCUT2D eigenvalue weighted by Gasteiger charge is 2.51. The Hall–Kier alpha value is -3.74. The maximum absolute atomic E-state index is 14.1. The minimum atomic E-state index is -1.78. The highest BCUT2D eigenvalue weighted by atomic mass is 19.2. The maximum Gasteiger partial charge on any atom is 0.276 e. The van der Waals surface area contributed by atoms with E-state index in [4.69, 9.17) is 9.51 Å². The smallest absolute Gasteiger partial charge is 0.276 e. The number of aromatic hydroxyl groups is 1. The number of piperazine rings is 1. The van der Waals surface area contributed by atoms with Gasteiger partial charge in [0.2, 0.25) is 11.8 Å². The Labute approximate surface area is 222 Å². The van der Waals surface area contributed by atoms with Crippen molar-refractivity contribution in [1.82, 2.24) is 30.7 Å². The summed E-state index contributed by atoms with van der Waals surface area (Å²) in [6, 6.07) is 2.26. The van der Waals surface area contributed by atoms with E-state index in [2.05, 4.69) is 30.7 Å². The van der Waals surface area contributed by atoms with E-state index in [-0.39, 0.29) is 17.4 Å². The lowest BCUT2D eigenvalue weighted by atomic mass is 9.53. The van der Waals surface area contributed by atoms with Crippen LogP contribution in [-0.2, 0) is 5.41 Å². The van der Waals surface area contributed by atoms with Gasteiger partial charge in [0.25, 0.3) is 11.8 Å². The Kier molecular flexibility index (Phi) is 6.40. The Morgan fingerprint density at radius 1 is 1.08 bits per heavy atom. The van der Waals surface area contributed by atoms with Gasteiger partial charge in [0, 0.05) is 44.3 Å². The Morgan fingerprint density at radius 3 is 2.51 bits per heavy atom. The Balaban J connectivity index is 1.11. The van der Waals surface area contributed by atoms with Crippen molar-refractivity contribution < 1.29 is 27.6 Å². The van der Waals surface area contributed by atoms with Gasteiger partial charge in [-0.25, -0.2) is 18.7 Å². The minimum absolute atomic E-state index is 0.209. The van der Waals surface area contributed by atoms with Crippen LogP contribution in [0.25, 0.3) is 11.6 Å². The monoisotopic (exact) mass is 543 g/mol. The number of benzene rings is 1. The van der Waals surface area contributed by atoms with Gasteiger partial charge in [0.15, 0.2) is 23.2 Å². The lowest BCUT2D eigenvalue weighted by Crippen LogP contribution is -2.49. The highest BCUT2D eigenvalue weighted by Crippen LogP contribution is 2.57. The molecule has 1 amide bonds. The van der Waals surface area contributed by atoms with Crippen molar-refractivity contribution in [2.75, 3.05) is 37.6 Å². The van der Waals surface area contributed by atoms with E-state index in [1.54, 1.807) is 12.3 Å². The van der Waals surface area contributed by atoms with Gasteiger partial charge in [-0.3, -0.25) is 4.79 Å². The zero-order chi connectivity index (χ0) is 27.2. The number of aromatic nitrogens is 4. The molecule has 39 heavy (non-hydrogen) atoms. The normalized spacial score (nSPS) is 24.6. The van der Waals surface area contributed by atoms with Crippen LogP contribution in [0.5, 0.6) is 5.75 Å². The van der Waals surface area contributed by atoms with E-state index < -0.39 is 34.7 Å². The van der Waals surface area contributed by atoms with Crippen LogP contribution < -0.4 is 15.5 Å². The summed E-state index contributed by atoms with van der Waals surface area (Å²) < 4.78 is 47.1. The lowest BCUT2D eigenvalue weighted by molar-refractivity contribution is 0.0334. The number of fused-ring (bicyclic) bond motifs is 3. The number of phenols is 1. The van der Waals surface area contributed by atoms with Crippen LogP contribution in [0.15, 0.2) is 22.9 Å². The van der Waals surface area contributed by atoms with E-state index >= 15 is 0 Å². The topological polar surface area (TPSA) is 129 Å². The number of nitrogens with one attached hydrogen (secondary N) is 2. The van der Waals surface area contributed by atoms with Gasteiger partial charge < -0.3 is 25.2 Å². The molecular weight excluding hydrogens is 515 g/mol. The first-order valence-corrected chi connectivity index (χ1v) is 13.1. The summed E-state index contributed by atoms with van der Waals surface area (Å²) in [7, 11) is 0. The molecule has 3 saturated carbocycles. The molecular formula is C26H28F3N7O3. The summed E-state index contributed by atoms with van der Waals surface area (Å²) in [6.07, 6.45) is 6.38. The fourth-order valence-corrected chi connectivity index (χ4v) is 6.01. The first kappa shape index (κ1) is 25.5. The zero-order valence-corrected chi connectivity index (χ0v) is 21.1. The molecule has 2 aromatic heterocycles. The van der Waals surface area contributed by atoms with Gasteiger partial charge in [-0.2, -0.15) is 9.37 Å². The average Bonchev–Trinajstić information content (AvgIpc) is 3.50. The van der Waals surface area contributed by atoms with E-state index in [0.717, 1.165) is 64.7 Å². The zero-order valence-electron chi connectivity index (χ0n) is 21.1. The third-order valence-corrected chi connectivity index (χ3v) is 8.57. The third-order valence-electron chi connectivity index (χ3n) is 8.57. The molecule has 10 nitrogen and oxygen atoms in total. The van der Waals surface area contributed by atoms with Crippen LogP contribution in [0.3, 0.4) is 0 Å². The molecule has 3 heterocycles. The van der Waals surface area contributed by atoms with Crippen LogP contribution in [0.2, 0.25) is 0 Å². The van der Waals surface area contributed by atoms with Crippen LogP contribution in [0.1, 0.15) is 54.7 Å². The fraction of sp³-hybridized carbons (Fsp3) is 0.500. The molecule has 13 heteroatoms. The summed E-state index contributed by atoms with van der Waals surface area (Å²) >= 11 is 0. The SMILES string of the molecule is O=C(NC[C@]12CC[C@](c3noc(-c4ccnc(N5CCNCC5)n4)n3)(CC1)CC2)c1cc(F)c(O)c(F)c1F. The van der Waals surface area contributed by atoms with E-state index in [9.17, 15) is 23.1 Å². The highest BCUT2D eigenvalue weighted by molar-refractivity contribution is 5.94. The largest absolute Gasteiger partial charge is 0.503 e. The van der Waals surface area contributed by atoms with Crippen molar-refractivity contribution in [3.05, 3.63) is 47.2 Å². The summed E-state index contributed by atoms with van der Waals surface area (Å²) in [5.41, 5.74) is -0.646. The van der Waals surface area contributed by atoms with E-state index in [1.165, 1.54) is 0 Å². The van der Waals surface area contributed by atoms with E-state index in [1.807, 2.05) is 0 Å². The molecule has 4 aliphatic rings. The van der Waals surface area contributed by atoms with Crippen LogP contribution in [0.4, 0.5) is 19.1 Å². The van der Waals surface area contributed by atoms with Gasteiger partial charge in [-0.1, -0.05) is 5.16 Å². The predicted octanol–water partition coefficient (Wildman–Crippen LogP) is 3.08. The van der Waals surface area contributed by atoms with Gasteiger partial charge >= 0.3 is 0 Å². The van der Waals surface area contributed by atoms with Crippen LogP contribution >= 0.6 is 0 Å². The molecule has 0 radical (unpaired) electrons. The molecule has 7 rings (SSSR count). The van der Waals surface area contributed by atoms with E-state index in [0.29, 0.717) is 29.4 Å². The van der Waals surface area contributed by atoms with Crippen molar-refractivity contribution in [3.63, 3.8) is 0 Å². The molecule has 206 valence electrons. The number of carbonyl (C=O) groups excluding carboxylic acids is 1. The average molecular weight is 544 g/mol. The van der Waals surface area contributed by atoms with Crippen LogP contribution in [0, 0.1) is 22.9 Å². The number of amides is 1. The number of anilines is 1. The number of halogens is 3. The maximum atomic E-state index is 14.1. The quantitative estimate of drug-likeness (QED) is 0.402. The first-order valence-electron chi connectivity index (χ1n) is 13.1. The molecule has 0 spiro atoms. The number of carbonyl (C=O) groups is 1. The number of rotatable bonds is 6. The summed E-state index contributed by atoms with van der Waals surface area (Å²) in [4.78, 5) is 28.4. The second-order valence-electron chi connectivity index (χ2n) is 10.7. The number of phenolic OH excluding ortho intramolecular Hbond substituents is 1. The summed E-state index contributed by atoms with van der Waals surface area (Å²) in [6.45, 7) is 3.63. The number of hydrogen-bond acceptors (Lipinski definition) is 9. The van der Waals surface area contributed by atoms with Gasteiger partial charge in [0.05, 0.1) is 5.56 Å². The second-order valence-corrected chi connectivity index (χ2v) is 10.7. The fourth-order valence-electron chi connectivity index (χ4n) is 6.01. The number of hydrogen-bond donors (Lipinski definition) is 3. The summed E-state index contributed by atoms with van der Waals surface area (Å²) in [5, 5.41) is 19.5. The van der Waals surface area contributed by atoms with Crippen molar-refractivity contribution in [2.24, 2.45) is 5.41 Å².